The Labute approximate surface area is 78.7 Å². The molecule has 0 bridgehead atoms. The molecule has 0 saturated carbocycles. The van der Waals surface area contributed by atoms with Crippen LogP contribution >= 0.6 is 0 Å². The first kappa shape index (κ1) is 10.2. The van der Waals surface area contributed by atoms with Gasteiger partial charge in [-0.3, -0.25) is 5.32 Å². The number of benzene rings is 1. The van der Waals surface area contributed by atoms with Gasteiger partial charge in [-0.2, -0.15) is 0 Å². The number of nitrogen functional groups attached to an aromatic ring is 1. The Morgan fingerprint density at radius 1 is 1.50 bits per heavy atom. The van der Waals surface area contributed by atoms with Crippen LogP contribution in [0.25, 0.3) is 0 Å². The largest absolute Gasteiger partial charge is 0.453 e. The number of carbonyl (C=O) groups excluding carboxylic acids is 1. The molecule has 0 radical (unpaired) electrons. The van der Waals surface area contributed by atoms with Crippen molar-refractivity contribution in [1.82, 2.24) is 0 Å². The van der Waals surface area contributed by atoms with Crippen LogP contribution in [-0.4, -0.2) is 13.2 Å². The van der Waals surface area contributed by atoms with Crippen LogP contribution < -0.4 is 11.1 Å². The maximum atomic E-state index is 12.9. The normalized spacial score (nSPS) is 9.64. The summed E-state index contributed by atoms with van der Waals surface area (Å²) in [5, 5.41) is 2.14. The number of hydrogen-bond donors (Lipinski definition) is 2. The van der Waals surface area contributed by atoms with Crippen molar-refractivity contribution < 1.29 is 18.3 Å². The number of rotatable bonds is 1. The van der Waals surface area contributed by atoms with Gasteiger partial charge in [-0.25, -0.2) is 13.6 Å². The van der Waals surface area contributed by atoms with Gasteiger partial charge in [0.1, 0.15) is 0 Å². The molecule has 0 spiro atoms. The molecule has 3 N–H and O–H groups in total. The maximum absolute atomic E-state index is 12.9. The molecule has 0 aromatic heterocycles. The molecule has 0 heterocycles. The molecule has 0 aliphatic rings. The predicted octanol–water partition coefficient (Wildman–Crippen LogP) is 1.73. The summed E-state index contributed by atoms with van der Waals surface area (Å²) >= 11 is 0. The van der Waals surface area contributed by atoms with Crippen molar-refractivity contribution in [2.24, 2.45) is 0 Å². The van der Waals surface area contributed by atoms with Crippen molar-refractivity contribution in [3.05, 3.63) is 23.8 Å². The van der Waals surface area contributed by atoms with E-state index in [9.17, 15) is 13.6 Å². The van der Waals surface area contributed by atoms with Crippen LogP contribution in [0.1, 0.15) is 0 Å². The van der Waals surface area contributed by atoms with Crippen LogP contribution in [0.5, 0.6) is 0 Å². The molecule has 1 aromatic carbocycles. The Kier molecular flexibility index (Phi) is 2.85. The second kappa shape index (κ2) is 3.91. The van der Waals surface area contributed by atoms with Gasteiger partial charge in [-0.05, 0) is 12.1 Å². The van der Waals surface area contributed by atoms with Gasteiger partial charge in [0.25, 0.3) is 0 Å². The zero-order valence-electron chi connectivity index (χ0n) is 7.30. The summed E-state index contributed by atoms with van der Waals surface area (Å²) in [7, 11) is 1.14. The zero-order chi connectivity index (χ0) is 10.7. The number of carbonyl (C=O) groups is 1. The van der Waals surface area contributed by atoms with Crippen molar-refractivity contribution in [2.45, 2.75) is 0 Å². The van der Waals surface area contributed by atoms with Gasteiger partial charge in [0.05, 0.1) is 18.5 Å². The number of halogens is 2. The van der Waals surface area contributed by atoms with E-state index >= 15 is 0 Å². The van der Waals surface area contributed by atoms with E-state index in [2.05, 4.69) is 10.1 Å². The second-order valence-corrected chi connectivity index (χ2v) is 2.44. The van der Waals surface area contributed by atoms with Crippen LogP contribution in [0.4, 0.5) is 25.0 Å². The third kappa shape index (κ3) is 1.90. The predicted molar refractivity (Wildman–Crippen MR) is 46.8 cm³/mol. The molecular weight excluding hydrogens is 194 g/mol. The molecule has 76 valence electrons. The number of anilines is 2. The molecule has 1 aromatic rings. The first-order valence-corrected chi connectivity index (χ1v) is 3.64. The Balaban J connectivity index is 3.00. The fraction of sp³-hybridized carbons (Fsp3) is 0.125. The summed E-state index contributed by atoms with van der Waals surface area (Å²) in [6, 6.07) is 2.00. The molecule has 0 aliphatic carbocycles. The lowest BCUT2D eigenvalue weighted by Gasteiger charge is -2.07. The molecule has 1 amide bonds. The van der Waals surface area contributed by atoms with Crippen molar-refractivity contribution in [1.29, 1.82) is 0 Å². The zero-order valence-corrected chi connectivity index (χ0v) is 7.30. The Hall–Kier alpha value is -1.85. The topological polar surface area (TPSA) is 64.3 Å². The van der Waals surface area contributed by atoms with E-state index in [1.54, 1.807) is 0 Å². The summed E-state index contributed by atoms with van der Waals surface area (Å²) in [6.45, 7) is 0. The molecule has 1 rings (SSSR count). The minimum absolute atomic E-state index is 0.0317. The lowest BCUT2D eigenvalue weighted by molar-refractivity contribution is 0.187. The van der Waals surface area contributed by atoms with E-state index < -0.39 is 23.4 Å². The van der Waals surface area contributed by atoms with Crippen LogP contribution in [0.3, 0.4) is 0 Å². The first-order chi connectivity index (χ1) is 6.56. The molecule has 4 nitrogen and oxygen atoms in total. The fourth-order valence-corrected chi connectivity index (χ4v) is 0.836. The number of amides is 1. The highest BCUT2D eigenvalue weighted by molar-refractivity contribution is 5.88. The smallest absolute Gasteiger partial charge is 0.411 e. The number of nitrogens with two attached hydrogens (primary N) is 1. The molecule has 0 saturated heterocycles. The number of nitrogens with one attached hydrogen (secondary N) is 1. The molecule has 0 unspecified atom stereocenters. The summed E-state index contributed by atoms with van der Waals surface area (Å²) in [5.74, 6) is -2.27. The minimum atomic E-state index is -1.20. The first-order valence-electron chi connectivity index (χ1n) is 3.64. The van der Waals surface area contributed by atoms with E-state index in [4.69, 9.17) is 5.73 Å². The van der Waals surface area contributed by atoms with Crippen molar-refractivity contribution >= 4 is 17.5 Å². The van der Waals surface area contributed by atoms with Gasteiger partial charge in [0.2, 0.25) is 0 Å². The highest BCUT2D eigenvalue weighted by Crippen LogP contribution is 2.23. The Bertz CT molecular complexity index is 369. The highest BCUT2D eigenvalue weighted by Gasteiger charge is 2.12. The highest BCUT2D eigenvalue weighted by atomic mass is 19.2. The van der Waals surface area contributed by atoms with Crippen LogP contribution in [0, 0.1) is 11.6 Å². The van der Waals surface area contributed by atoms with Gasteiger partial charge in [-0.15, -0.1) is 0 Å². The van der Waals surface area contributed by atoms with Gasteiger partial charge in [-0.1, -0.05) is 0 Å². The number of hydrogen-bond acceptors (Lipinski definition) is 3. The van der Waals surface area contributed by atoms with Crippen LogP contribution in [-0.2, 0) is 4.74 Å². The van der Waals surface area contributed by atoms with E-state index in [1.807, 2.05) is 0 Å². The van der Waals surface area contributed by atoms with Crippen LogP contribution in [0.15, 0.2) is 12.1 Å². The van der Waals surface area contributed by atoms with Crippen LogP contribution in [0.2, 0.25) is 0 Å². The fourth-order valence-electron chi connectivity index (χ4n) is 0.836. The Morgan fingerprint density at radius 3 is 2.71 bits per heavy atom. The second-order valence-electron chi connectivity index (χ2n) is 2.44. The summed E-state index contributed by atoms with van der Waals surface area (Å²) < 4.78 is 29.7. The summed E-state index contributed by atoms with van der Waals surface area (Å²) in [5.41, 5.74) is 4.71. The van der Waals surface area contributed by atoms with E-state index in [0.717, 1.165) is 19.2 Å². The molecule has 0 aliphatic heterocycles. The van der Waals surface area contributed by atoms with Crippen molar-refractivity contribution in [3.63, 3.8) is 0 Å². The Morgan fingerprint density at radius 2 is 2.14 bits per heavy atom. The molecule has 14 heavy (non-hydrogen) atoms. The van der Waals surface area contributed by atoms with Gasteiger partial charge in [0.15, 0.2) is 11.6 Å². The maximum Gasteiger partial charge on any atom is 0.411 e. The monoisotopic (exact) mass is 202 g/mol. The third-order valence-corrected chi connectivity index (χ3v) is 1.55. The average molecular weight is 202 g/mol. The SMILES string of the molecule is COC(=O)Nc1ccc(F)c(F)c1N. The molecule has 0 atom stereocenters. The quantitative estimate of drug-likeness (QED) is 0.681. The lowest BCUT2D eigenvalue weighted by Crippen LogP contribution is -2.13. The summed E-state index contributed by atoms with van der Waals surface area (Å²) in [6.07, 6.45) is -0.803. The molecular formula is C8H8F2N2O2. The number of ether oxygens (including phenoxy) is 1. The van der Waals surface area contributed by atoms with E-state index in [0.29, 0.717) is 0 Å². The average Bonchev–Trinajstić information content (AvgIpc) is 2.19. The van der Waals surface area contributed by atoms with Crippen molar-refractivity contribution in [3.8, 4) is 0 Å². The standard InChI is InChI=1S/C8H8F2N2O2/c1-14-8(13)12-5-3-2-4(9)6(10)7(5)11/h2-3H,11H2,1H3,(H,12,13). The minimum Gasteiger partial charge on any atom is -0.453 e. The van der Waals surface area contributed by atoms with Gasteiger partial charge in [0, 0.05) is 0 Å². The lowest BCUT2D eigenvalue weighted by atomic mass is 10.2. The van der Waals surface area contributed by atoms with E-state index in [-0.39, 0.29) is 5.69 Å². The van der Waals surface area contributed by atoms with Gasteiger partial charge < -0.3 is 10.5 Å². The van der Waals surface area contributed by atoms with Crippen molar-refractivity contribution in [2.75, 3.05) is 18.2 Å². The molecule has 0 fully saturated rings. The number of methoxy groups -OCH3 is 1. The third-order valence-electron chi connectivity index (χ3n) is 1.55. The summed E-state index contributed by atoms with van der Waals surface area (Å²) in [4.78, 5) is 10.7. The molecule has 6 heteroatoms. The van der Waals surface area contributed by atoms with Gasteiger partial charge >= 0.3 is 6.09 Å². The van der Waals surface area contributed by atoms with E-state index in [1.165, 1.54) is 0 Å².